The highest BCUT2D eigenvalue weighted by Crippen LogP contribution is 2.23. The van der Waals surface area contributed by atoms with E-state index in [-0.39, 0.29) is 12.5 Å². The molecule has 1 amide bonds. The van der Waals surface area contributed by atoms with E-state index in [4.69, 9.17) is 9.47 Å². The maximum absolute atomic E-state index is 13.1. The Morgan fingerprint density at radius 3 is 1.17 bits per heavy atom. The van der Waals surface area contributed by atoms with Crippen molar-refractivity contribution >= 4 is 5.91 Å². The smallest absolute Gasteiger partial charge is 0.220 e. The van der Waals surface area contributed by atoms with Gasteiger partial charge in [0.25, 0.3) is 0 Å². The number of ether oxygens (including phenoxy) is 2. The fraction of sp³-hybridized carbons (Fsp3) is 0.868. The van der Waals surface area contributed by atoms with Crippen LogP contribution in [0.1, 0.15) is 322 Å². The molecule has 77 heavy (non-hydrogen) atoms. The van der Waals surface area contributed by atoms with E-state index in [1.54, 1.807) is 6.08 Å². The fourth-order valence-electron chi connectivity index (χ4n) is 10.6. The minimum Gasteiger partial charge on any atom is -0.394 e. The number of hydrogen-bond acceptors (Lipinski definition) is 8. The van der Waals surface area contributed by atoms with Crippen LogP contribution in [-0.2, 0) is 14.3 Å². The summed E-state index contributed by atoms with van der Waals surface area (Å²) < 4.78 is 11.3. The van der Waals surface area contributed by atoms with Crippen molar-refractivity contribution in [3.63, 3.8) is 0 Å². The minimum absolute atomic E-state index is 0.183. The van der Waals surface area contributed by atoms with Crippen molar-refractivity contribution in [2.75, 3.05) is 13.2 Å². The average molecular weight is 1090 g/mol. The first-order valence-corrected chi connectivity index (χ1v) is 33.4. The van der Waals surface area contributed by atoms with Crippen molar-refractivity contribution in [1.82, 2.24) is 5.32 Å². The molecule has 1 saturated heterocycles. The van der Waals surface area contributed by atoms with Gasteiger partial charge in [-0.2, -0.15) is 0 Å². The van der Waals surface area contributed by atoms with E-state index in [1.807, 2.05) is 6.08 Å². The monoisotopic (exact) mass is 1090 g/mol. The Hall–Kier alpha value is -1.85. The Morgan fingerprint density at radius 2 is 0.779 bits per heavy atom. The highest BCUT2D eigenvalue weighted by atomic mass is 16.7. The van der Waals surface area contributed by atoms with Gasteiger partial charge in [0.1, 0.15) is 24.4 Å². The average Bonchev–Trinajstić information content (AvgIpc) is 3.43. The van der Waals surface area contributed by atoms with Gasteiger partial charge in [-0.3, -0.25) is 4.79 Å². The van der Waals surface area contributed by atoms with Crippen LogP contribution >= 0.6 is 0 Å². The lowest BCUT2D eigenvalue weighted by atomic mass is 9.99. The molecule has 452 valence electrons. The molecule has 1 heterocycles. The lowest BCUT2D eigenvalue weighted by Gasteiger charge is -2.40. The number of nitrogens with one attached hydrogen (secondary N) is 1. The van der Waals surface area contributed by atoms with E-state index in [0.717, 1.165) is 44.9 Å². The summed E-state index contributed by atoms with van der Waals surface area (Å²) in [5.41, 5.74) is 0. The van der Waals surface area contributed by atoms with Crippen molar-refractivity contribution in [1.29, 1.82) is 0 Å². The summed E-state index contributed by atoms with van der Waals surface area (Å²) in [7, 11) is 0. The Labute approximate surface area is 475 Å². The normalized spacial score (nSPS) is 19.0. The van der Waals surface area contributed by atoms with E-state index in [0.29, 0.717) is 6.42 Å². The van der Waals surface area contributed by atoms with Gasteiger partial charge in [0.2, 0.25) is 5.91 Å². The quantitative estimate of drug-likeness (QED) is 0.0261. The molecule has 0 spiro atoms. The third kappa shape index (κ3) is 46.5. The molecule has 1 aliphatic heterocycles. The summed E-state index contributed by atoms with van der Waals surface area (Å²) in [4.78, 5) is 13.1. The Bertz CT molecular complexity index is 1350. The van der Waals surface area contributed by atoms with E-state index < -0.39 is 49.5 Å². The van der Waals surface area contributed by atoms with Gasteiger partial charge in [0, 0.05) is 6.42 Å². The van der Waals surface area contributed by atoms with E-state index in [1.165, 1.54) is 257 Å². The van der Waals surface area contributed by atoms with Crippen LogP contribution in [0.2, 0.25) is 0 Å². The molecular formula is C68H127NO8. The topological polar surface area (TPSA) is 149 Å². The Morgan fingerprint density at radius 1 is 0.442 bits per heavy atom. The summed E-state index contributed by atoms with van der Waals surface area (Å²) in [6, 6.07) is -0.823. The predicted molar refractivity (Wildman–Crippen MR) is 327 cm³/mol. The molecule has 0 aromatic rings. The first kappa shape index (κ1) is 73.2. The summed E-state index contributed by atoms with van der Waals surface area (Å²) in [6.45, 7) is 3.80. The lowest BCUT2D eigenvalue weighted by Crippen LogP contribution is -2.60. The molecule has 0 bridgehead atoms. The number of aliphatic hydroxyl groups is 5. The van der Waals surface area contributed by atoms with Crippen LogP contribution in [0, 0.1) is 0 Å². The van der Waals surface area contributed by atoms with Crippen LogP contribution < -0.4 is 5.32 Å². The van der Waals surface area contributed by atoms with Gasteiger partial charge in [-0.15, -0.1) is 0 Å². The maximum atomic E-state index is 13.1. The third-order valence-corrected chi connectivity index (χ3v) is 15.9. The SMILES string of the molecule is CCCCCCCCCCC/C=C\C/C=C\CCCCCCCCCCCCCCCCCC(=O)NC(COC1OC(CO)C(O)C(O)C1O)C(O)/C=C/CC/C=C/CCCCCCCCCCCCCCCCCCC. The zero-order valence-electron chi connectivity index (χ0n) is 50.5. The number of amides is 1. The van der Waals surface area contributed by atoms with Gasteiger partial charge < -0.3 is 40.3 Å². The zero-order chi connectivity index (χ0) is 55.8. The molecule has 0 aromatic carbocycles. The van der Waals surface area contributed by atoms with Crippen LogP contribution in [0.3, 0.4) is 0 Å². The number of carbonyl (C=O) groups excluding carboxylic acids is 1. The van der Waals surface area contributed by atoms with Gasteiger partial charge in [-0.25, -0.2) is 0 Å². The Balaban J connectivity index is 2.16. The van der Waals surface area contributed by atoms with E-state index in [2.05, 4.69) is 55.6 Å². The van der Waals surface area contributed by atoms with Gasteiger partial charge in [0.05, 0.1) is 25.4 Å². The van der Waals surface area contributed by atoms with Gasteiger partial charge >= 0.3 is 0 Å². The van der Waals surface area contributed by atoms with Crippen molar-refractivity contribution in [2.24, 2.45) is 0 Å². The van der Waals surface area contributed by atoms with Crippen molar-refractivity contribution in [2.45, 2.75) is 365 Å². The van der Waals surface area contributed by atoms with E-state index >= 15 is 0 Å². The zero-order valence-corrected chi connectivity index (χ0v) is 50.5. The molecule has 9 nitrogen and oxygen atoms in total. The number of allylic oxidation sites excluding steroid dienone is 7. The number of hydrogen-bond donors (Lipinski definition) is 6. The second-order valence-electron chi connectivity index (χ2n) is 23.3. The molecule has 6 N–H and O–H groups in total. The summed E-state index contributed by atoms with van der Waals surface area (Å²) in [5.74, 6) is -0.183. The van der Waals surface area contributed by atoms with Gasteiger partial charge in [-0.05, 0) is 64.2 Å². The first-order chi connectivity index (χ1) is 37.8. The van der Waals surface area contributed by atoms with Gasteiger partial charge in [-0.1, -0.05) is 300 Å². The highest BCUT2D eigenvalue weighted by molar-refractivity contribution is 5.76. The number of rotatable bonds is 58. The maximum Gasteiger partial charge on any atom is 0.220 e. The van der Waals surface area contributed by atoms with Crippen molar-refractivity contribution in [3.05, 3.63) is 48.6 Å². The number of aliphatic hydroxyl groups excluding tert-OH is 5. The molecule has 7 unspecified atom stereocenters. The van der Waals surface area contributed by atoms with Crippen LogP contribution in [0.25, 0.3) is 0 Å². The van der Waals surface area contributed by atoms with Crippen molar-refractivity contribution in [3.8, 4) is 0 Å². The molecular weight excluding hydrogens is 959 g/mol. The summed E-state index contributed by atoms with van der Waals surface area (Å²) >= 11 is 0. The molecule has 1 rings (SSSR count). The molecule has 0 aromatic heterocycles. The highest BCUT2D eigenvalue weighted by Gasteiger charge is 2.44. The van der Waals surface area contributed by atoms with Crippen LogP contribution in [-0.4, -0.2) is 87.5 Å². The molecule has 0 aliphatic carbocycles. The van der Waals surface area contributed by atoms with Crippen LogP contribution in [0.15, 0.2) is 48.6 Å². The second kappa shape index (κ2) is 57.4. The van der Waals surface area contributed by atoms with Gasteiger partial charge in [0.15, 0.2) is 6.29 Å². The minimum atomic E-state index is -1.57. The molecule has 1 aliphatic rings. The van der Waals surface area contributed by atoms with Crippen LogP contribution in [0.5, 0.6) is 0 Å². The molecule has 0 radical (unpaired) electrons. The molecule has 9 heteroatoms. The Kier molecular flexibility index (Phi) is 54.5. The third-order valence-electron chi connectivity index (χ3n) is 15.9. The largest absolute Gasteiger partial charge is 0.394 e. The fourth-order valence-corrected chi connectivity index (χ4v) is 10.6. The van der Waals surface area contributed by atoms with E-state index in [9.17, 15) is 30.3 Å². The molecule has 7 atom stereocenters. The molecule has 1 fully saturated rings. The number of unbranched alkanes of at least 4 members (excludes halogenated alkanes) is 42. The standard InChI is InChI=1S/C68H127NO8/c1-3-5-7-9-11-13-15-17-19-21-23-25-27-28-29-30-31-32-33-34-36-38-40-42-44-46-48-50-52-54-56-58-64(72)69-61(60-76-68-67(75)66(74)65(73)63(59-70)77-68)62(71)57-55-53-51-49-47-45-43-41-39-37-35-26-24-22-20-18-16-14-12-10-8-6-4-2/h23,25,28-29,47,49,55,57,61-63,65-68,70-71,73-75H,3-22,24,26-27,30-46,48,50-54,56,58-60H2,1-2H3,(H,69,72)/b25-23-,29-28-,49-47+,57-55+. The molecule has 0 saturated carbocycles. The predicted octanol–water partition coefficient (Wildman–Crippen LogP) is 17.6. The van der Waals surface area contributed by atoms with Crippen molar-refractivity contribution < 1.29 is 39.8 Å². The first-order valence-electron chi connectivity index (χ1n) is 33.4. The number of carbonyl (C=O) groups is 1. The summed E-state index contributed by atoms with van der Waals surface area (Å²) in [5, 5.41) is 54.7. The summed E-state index contributed by atoms with van der Waals surface area (Å²) in [6.07, 6.45) is 70.6. The van der Waals surface area contributed by atoms with Crippen LogP contribution in [0.4, 0.5) is 0 Å². The second-order valence-corrected chi connectivity index (χ2v) is 23.3. The lowest BCUT2D eigenvalue weighted by molar-refractivity contribution is -0.302.